The fraction of sp³-hybridized carbons (Fsp3) is 1.00. The SMILES string of the molecule is CCC1COCCN1CCNCCC(C)(C)C. The first-order valence-electron chi connectivity index (χ1n) is 7.05. The van der Waals surface area contributed by atoms with Gasteiger partial charge < -0.3 is 10.1 Å². The Hall–Kier alpha value is -0.120. The molecule has 0 radical (unpaired) electrons. The predicted molar refractivity (Wildman–Crippen MR) is 73.4 cm³/mol. The maximum Gasteiger partial charge on any atom is 0.0622 e. The Morgan fingerprint density at radius 3 is 2.71 bits per heavy atom. The Bertz CT molecular complexity index is 201. The van der Waals surface area contributed by atoms with Crippen molar-refractivity contribution in [2.45, 2.75) is 46.6 Å². The molecular formula is C14H30N2O. The van der Waals surface area contributed by atoms with Gasteiger partial charge in [0.05, 0.1) is 13.2 Å². The topological polar surface area (TPSA) is 24.5 Å². The Balaban J connectivity index is 2.08. The fourth-order valence-corrected chi connectivity index (χ4v) is 2.17. The lowest BCUT2D eigenvalue weighted by atomic mass is 9.92. The normalized spacial score (nSPS) is 22.9. The molecule has 0 saturated carbocycles. The summed E-state index contributed by atoms with van der Waals surface area (Å²) in [5.41, 5.74) is 0.442. The van der Waals surface area contributed by atoms with Crippen molar-refractivity contribution in [1.29, 1.82) is 0 Å². The van der Waals surface area contributed by atoms with E-state index in [1.54, 1.807) is 0 Å². The number of hydrogen-bond donors (Lipinski definition) is 1. The van der Waals surface area contributed by atoms with E-state index >= 15 is 0 Å². The van der Waals surface area contributed by atoms with E-state index in [2.05, 4.69) is 37.9 Å². The molecule has 1 N–H and O–H groups in total. The van der Waals surface area contributed by atoms with Gasteiger partial charge in [-0.25, -0.2) is 0 Å². The first kappa shape index (κ1) is 14.9. The molecule has 0 aromatic carbocycles. The van der Waals surface area contributed by atoms with Crippen molar-refractivity contribution >= 4 is 0 Å². The number of ether oxygens (including phenoxy) is 1. The lowest BCUT2D eigenvalue weighted by Gasteiger charge is -2.35. The minimum absolute atomic E-state index is 0.442. The molecule has 0 aromatic heterocycles. The van der Waals surface area contributed by atoms with E-state index in [1.807, 2.05) is 0 Å². The monoisotopic (exact) mass is 242 g/mol. The zero-order chi connectivity index (χ0) is 12.7. The molecule has 3 nitrogen and oxygen atoms in total. The van der Waals surface area contributed by atoms with Crippen molar-refractivity contribution in [3.8, 4) is 0 Å². The van der Waals surface area contributed by atoms with Gasteiger partial charge >= 0.3 is 0 Å². The highest BCUT2D eigenvalue weighted by Gasteiger charge is 2.20. The molecule has 102 valence electrons. The maximum absolute atomic E-state index is 5.51. The third kappa shape index (κ3) is 6.39. The molecule has 3 heteroatoms. The average Bonchev–Trinajstić information content (AvgIpc) is 2.27. The molecule has 1 fully saturated rings. The molecule has 0 aliphatic carbocycles. The number of morpholine rings is 1. The number of nitrogens with one attached hydrogen (secondary N) is 1. The summed E-state index contributed by atoms with van der Waals surface area (Å²) in [7, 11) is 0. The Labute approximate surface area is 107 Å². The van der Waals surface area contributed by atoms with E-state index in [1.165, 1.54) is 12.8 Å². The second kappa shape index (κ2) is 7.34. The lowest BCUT2D eigenvalue weighted by Crippen LogP contribution is -2.47. The van der Waals surface area contributed by atoms with Crippen LogP contribution in [0.1, 0.15) is 40.5 Å². The summed E-state index contributed by atoms with van der Waals surface area (Å²) in [5, 5.41) is 3.55. The van der Waals surface area contributed by atoms with Gasteiger partial charge in [0.2, 0.25) is 0 Å². The van der Waals surface area contributed by atoms with Crippen LogP contribution >= 0.6 is 0 Å². The zero-order valence-corrected chi connectivity index (χ0v) is 12.1. The van der Waals surface area contributed by atoms with Crippen LogP contribution in [0, 0.1) is 5.41 Å². The first-order valence-corrected chi connectivity index (χ1v) is 7.05. The molecule has 1 unspecified atom stereocenters. The van der Waals surface area contributed by atoms with E-state index in [9.17, 15) is 0 Å². The van der Waals surface area contributed by atoms with Crippen molar-refractivity contribution in [1.82, 2.24) is 10.2 Å². The molecule has 1 saturated heterocycles. The maximum atomic E-state index is 5.51. The first-order chi connectivity index (χ1) is 8.03. The van der Waals surface area contributed by atoms with Crippen LogP contribution in [0.25, 0.3) is 0 Å². The Kier molecular flexibility index (Phi) is 6.45. The van der Waals surface area contributed by atoms with Gasteiger partial charge in [0, 0.05) is 25.7 Å². The van der Waals surface area contributed by atoms with Crippen molar-refractivity contribution in [3.63, 3.8) is 0 Å². The van der Waals surface area contributed by atoms with Gasteiger partial charge in [-0.3, -0.25) is 4.90 Å². The van der Waals surface area contributed by atoms with Crippen LogP contribution in [0.2, 0.25) is 0 Å². The third-order valence-corrected chi connectivity index (χ3v) is 3.45. The highest BCUT2D eigenvalue weighted by atomic mass is 16.5. The van der Waals surface area contributed by atoms with Gasteiger partial charge in [0.25, 0.3) is 0 Å². The van der Waals surface area contributed by atoms with Crippen LogP contribution < -0.4 is 5.32 Å². The molecule has 0 amide bonds. The van der Waals surface area contributed by atoms with E-state index in [0.29, 0.717) is 11.5 Å². The van der Waals surface area contributed by atoms with Crippen molar-refractivity contribution in [2.24, 2.45) is 5.41 Å². The van der Waals surface area contributed by atoms with Gasteiger partial charge in [-0.1, -0.05) is 27.7 Å². The summed E-state index contributed by atoms with van der Waals surface area (Å²) in [6.45, 7) is 15.4. The van der Waals surface area contributed by atoms with Gasteiger partial charge in [-0.2, -0.15) is 0 Å². The van der Waals surface area contributed by atoms with Crippen molar-refractivity contribution in [2.75, 3.05) is 39.4 Å². The molecule has 0 spiro atoms. The van der Waals surface area contributed by atoms with Crippen molar-refractivity contribution < 1.29 is 4.74 Å². The van der Waals surface area contributed by atoms with Gasteiger partial charge in [-0.15, -0.1) is 0 Å². The predicted octanol–water partition coefficient (Wildman–Crippen LogP) is 2.12. The Morgan fingerprint density at radius 2 is 2.06 bits per heavy atom. The number of hydrogen-bond acceptors (Lipinski definition) is 3. The average molecular weight is 242 g/mol. The molecule has 1 rings (SSSR count). The van der Waals surface area contributed by atoms with E-state index < -0.39 is 0 Å². The van der Waals surface area contributed by atoms with E-state index in [0.717, 1.165) is 39.4 Å². The quantitative estimate of drug-likeness (QED) is 0.722. The largest absolute Gasteiger partial charge is 0.378 e. The molecule has 1 aliphatic rings. The van der Waals surface area contributed by atoms with Gasteiger partial charge in [0.15, 0.2) is 0 Å². The van der Waals surface area contributed by atoms with E-state index in [-0.39, 0.29) is 0 Å². The third-order valence-electron chi connectivity index (χ3n) is 3.45. The van der Waals surface area contributed by atoms with Crippen LogP contribution in [0.5, 0.6) is 0 Å². The smallest absolute Gasteiger partial charge is 0.0622 e. The second-order valence-corrected chi connectivity index (χ2v) is 6.23. The number of rotatable bonds is 6. The summed E-state index contributed by atoms with van der Waals surface area (Å²) >= 11 is 0. The van der Waals surface area contributed by atoms with Crippen LogP contribution in [0.4, 0.5) is 0 Å². The van der Waals surface area contributed by atoms with Gasteiger partial charge in [-0.05, 0) is 24.8 Å². The summed E-state index contributed by atoms with van der Waals surface area (Å²) < 4.78 is 5.51. The highest BCUT2D eigenvalue weighted by molar-refractivity contribution is 4.74. The lowest BCUT2D eigenvalue weighted by molar-refractivity contribution is -0.00786. The summed E-state index contributed by atoms with van der Waals surface area (Å²) in [6.07, 6.45) is 2.44. The van der Waals surface area contributed by atoms with Crippen LogP contribution in [-0.2, 0) is 4.74 Å². The fourth-order valence-electron chi connectivity index (χ4n) is 2.17. The molecule has 17 heavy (non-hydrogen) atoms. The Morgan fingerprint density at radius 1 is 1.29 bits per heavy atom. The minimum Gasteiger partial charge on any atom is -0.378 e. The molecule has 1 heterocycles. The number of nitrogens with zero attached hydrogens (tertiary/aromatic N) is 1. The summed E-state index contributed by atoms with van der Waals surface area (Å²) in [5.74, 6) is 0. The zero-order valence-electron chi connectivity index (χ0n) is 12.1. The van der Waals surface area contributed by atoms with Crippen LogP contribution in [0.15, 0.2) is 0 Å². The van der Waals surface area contributed by atoms with Crippen molar-refractivity contribution in [3.05, 3.63) is 0 Å². The second-order valence-electron chi connectivity index (χ2n) is 6.23. The van der Waals surface area contributed by atoms with Crippen LogP contribution in [-0.4, -0.2) is 50.3 Å². The summed E-state index contributed by atoms with van der Waals surface area (Å²) in [4.78, 5) is 2.56. The minimum atomic E-state index is 0.442. The molecule has 0 aromatic rings. The van der Waals surface area contributed by atoms with Gasteiger partial charge in [0.1, 0.15) is 0 Å². The molecule has 1 aliphatic heterocycles. The highest BCUT2D eigenvalue weighted by Crippen LogP contribution is 2.16. The molecule has 0 bridgehead atoms. The molecular weight excluding hydrogens is 212 g/mol. The van der Waals surface area contributed by atoms with Crippen LogP contribution in [0.3, 0.4) is 0 Å². The molecule has 1 atom stereocenters. The standard InChI is InChI=1S/C14H30N2O/c1-5-13-12-17-11-10-16(13)9-8-15-7-6-14(2,3)4/h13,15H,5-12H2,1-4H3. The summed E-state index contributed by atoms with van der Waals surface area (Å²) in [6, 6.07) is 0.633. The van der Waals surface area contributed by atoms with E-state index in [4.69, 9.17) is 4.74 Å².